The molecule has 170 valence electrons. The van der Waals surface area contributed by atoms with Gasteiger partial charge in [-0.15, -0.1) is 0 Å². The molecule has 3 rings (SSSR count). The topological polar surface area (TPSA) is 85.4 Å². The Hall–Kier alpha value is -2.18. The summed E-state index contributed by atoms with van der Waals surface area (Å²) in [7, 11) is 0. The zero-order valence-corrected chi connectivity index (χ0v) is 18.7. The number of rotatable bonds is 12. The van der Waals surface area contributed by atoms with Gasteiger partial charge in [0.25, 0.3) is 0 Å². The molecule has 0 spiro atoms. The largest absolute Gasteiger partial charge is 0.461 e. The molecular weight excluding hydrogens is 396 g/mol. The van der Waals surface area contributed by atoms with Gasteiger partial charge in [0.15, 0.2) is 0 Å². The molecule has 0 amide bonds. The molecule has 6 nitrogen and oxygen atoms in total. The Morgan fingerprint density at radius 2 is 2.03 bits per heavy atom. The van der Waals surface area contributed by atoms with E-state index >= 15 is 0 Å². The summed E-state index contributed by atoms with van der Waals surface area (Å²) < 4.78 is 16.4. The lowest BCUT2D eigenvalue weighted by molar-refractivity contribution is -0.189. The van der Waals surface area contributed by atoms with Crippen LogP contribution in [0.3, 0.4) is 0 Å². The summed E-state index contributed by atoms with van der Waals surface area (Å²) in [6.45, 7) is 6.38. The molecule has 31 heavy (non-hydrogen) atoms. The Morgan fingerprint density at radius 3 is 2.71 bits per heavy atom. The van der Waals surface area contributed by atoms with Crippen molar-refractivity contribution in [3.63, 3.8) is 0 Å². The van der Waals surface area contributed by atoms with Crippen molar-refractivity contribution in [3.8, 4) is 0 Å². The van der Waals surface area contributed by atoms with Crippen molar-refractivity contribution in [1.29, 1.82) is 0 Å². The number of carbonyl (C=O) groups is 2. The van der Waals surface area contributed by atoms with Crippen LogP contribution in [-0.4, -0.2) is 41.5 Å². The predicted molar refractivity (Wildman–Crippen MR) is 116 cm³/mol. The summed E-state index contributed by atoms with van der Waals surface area (Å²) in [5.74, 6) is -0.459. The number of benzene rings is 1. The van der Waals surface area contributed by atoms with Crippen molar-refractivity contribution in [1.82, 2.24) is 0 Å². The van der Waals surface area contributed by atoms with E-state index in [1.165, 1.54) is 0 Å². The number of hydrogen-bond donors (Lipinski definition) is 1. The molecule has 6 heteroatoms. The van der Waals surface area contributed by atoms with Crippen LogP contribution >= 0.6 is 0 Å². The number of esters is 2. The summed E-state index contributed by atoms with van der Waals surface area (Å²) in [5.41, 5.74) is 1.63. The first-order valence-corrected chi connectivity index (χ1v) is 11.2. The Bertz CT molecular complexity index is 788. The number of epoxide rings is 1. The molecule has 0 bridgehead atoms. The zero-order valence-electron chi connectivity index (χ0n) is 18.7. The van der Waals surface area contributed by atoms with Gasteiger partial charge in [0.2, 0.25) is 0 Å². The van der Waals surface area contributed by atoms with Gasteiger partial charge in [0.1, 0.15) is 24.7 Å². The lowest BCUT2D eigenvalue weighted by Crippen LogP contribution is -2.47. The number of aliphatic hydroxyl groups excluding tert-OH is 1. The Morgan fingerprint density at radius 1 is 1.29 bits per heavy atom. The second kappa shape index (κ2) is 10.4. The van der Waals surface area contributed by atoms with Gasteiger partial charge < -0.3 is 19.3 Å². The molecule has 0 aliphatic carbocycles. The Balaban J connectivity index is 1.34. The van der Waals surface area contributed by atoms with Crippen LogP contribution in [-0.2, 0) is 30.4 Å². The molecule has 1 N–H and O–H groups in total. The molecule has 1 aromatic carbocycles. The third-order valence-corrected chi connectivity index (χ3v) is 6.27. The first-order valence-electron chi connectivity index (χ1n) is 11.2. The molecule has 2 aliphatic rings. The highest BCUT2D eigenvalue weighted by molar-refractivity contribution is 5.83. The minimum atomic E-state index is -0.342. The molecule has 0 aromatic heterocycles. The van der Waals surface area contributed by atoms with E-state index in [-0.39, 0.29) is 48.9 Å². The van der Waals surface area contributed by atoms with Gasteiger partial charge in [0.05, 0.1) is 12.2 Å². The van der Waals surface area contributed by atoms with Crippen molar-refractivity contribution >= 4 is 11.9 Å². The van der Waals surface area contributed by atoms with Crippen LogP contribution < -0.4 is 0 Å². The van der Waals surface area contributed by atoms with E-state index in [9.17, 15) is 9.59 Å². The molecule has 2 heterocycles. The highest BCUT2D eigenvalue weighted by atomic mass is 16.6. The van der Waals surface area contributed by atoms with E-state index in [2.05, 4.69) is 13.8 Å². The van der Waals surface area contributed by atoms with Crippen LogP contribution in [0.1, 0.15) is 58.4 Å². The normalized spacial score (nSPS) is 28.5. The van der Waals surface area contributed by atoms with E-state index in [0.29, 0.717) is 5.92 Å². The van der Waals surface area contributed by atoms with E-state index < -0.39 is 0 Å². The van der Waals surface area contributed by atoms with Crippen LogP contribution in [0.25, 0.3) is 0 Å². The number of carbonyl (C=O) groups excluding carboxylic acids is 2. The minimum absolute atomic E-state index is 0.0427. The third-order valence-electron chi connectivity index (χ3n) is 6.27. The molecule has 2 saturated heterocycles. The van der Waals surface area contributed by atoms with Crippen LogP contribution in [0.2, 0.25) is 0 Å². The predicted octanol–water partition coefficient (Wildman–Crippen LogP) is 3.95. The molecule has 1 aromatic rings. The summed E-state index contributed by atoms with van der Waals surface area (Å²) in [6, 6.07) is 9.62. The number of aliphatic hydroxyl groups is 1. The van der Waals surface area contributed by atoms with Crippen LogP contribution in [0.5, 0.6) is 0 Å². The monoisotopic (exact) mass is 430 g/mol. The molecule has 2 fully saturated rings. The zero-order chi connectivity index (χ0) is 22.4. The summed E-state index contributed by atoms with van der Waals surface area (Å²) in [5, 5.41) is 9.16. The average Bonchev–Trinajstić information content (AvgIpc) is 3.40. The van der Waals surface area contributed by atoms with E-state index in [1.54, 1.807) is 6.08 Å². The fraction of sp³-hybridized carbons (Fsp3) is 0.600. The van der Waals surface area contributed by atoms with Gasteiger partial charge in [-0.05, 0) is 50.2 Å². The average molecular weight is 431 g/mol. The van der Waals surface area contributed by atoms with Gasteiger partial charge in [-0.1, -0.05) is 50.1 Å². The fourth-order valence-electron chi connectivity index (χ4n) is 4.48. The minimum Gasteiger partial charge on any atom is -0.461 e. The molecule has 0 radical (unpaired) electrons. The number of ether oxygens (including phenoxy) is 3. The standard InChI is InChI=1S/C25H34O6/c1-17(9-7-8-12-21-20(15-26)24(28)30-21)14-25(3)23(31-25)18(2)13-22(27)29-16-19-10-5-4-6-11-19/h4-6,10-11,13,17,20-21,23,26H,7-9,12,14-16H2,1-3H3/b18-13+/t17-,20-,21-,23?,25?/m1/s1. The van der Waals surface area contributed by atoms with Gasteiger partial charge in [0, 0.05) is 6.08 Å². The van der Waals surface area contributed by atoms with Crippen molar-refractivity contribution in [2.75, 3.05) is 6.61 Å². The lowest BCUT2D eigenvalue weighted by Gasteiger charge is -2.33. The van der Waals surface area contributed by atoms with Crippen molar-refractivity contribution in [2.45, 2.75) is 77.3 Å². The van der Waals surface area contributed by atoms with Gasteiger partial charge in [-0.25, -0.2) is 4.79 Å². The third kappa shape index (κ3) is 6.40. The second-order valence-corrected chi connectivity index (χ2v) is 9.15. The van der Waals surface area contributed by atoms with Gasteiger partial charge >= 0.3 is 11.9 Å². The van der Waals surface area contributed by atoms with E-state index in [0.717, 1.165) is 43.2 Å². The Kier molecular flexibility index (Phi) is 7.89. The van der Waals surface area contributed by atoms with Crippen LogP contribution in [0, 0.1) is 11.8 Å². The van der Waals surface area contributed by atoms with Crippen molar-refractivity contribution in [2.24, 2.45) is 11.8 Å². The van der Waals surface area contributed by atoms with E-state index in [4.69, 9.17) is 19.3 Å². The van der Waals surface area contributed by atoms with Crippen molar-refractivity contribution in [3.05, 3.63) is 47.5 Å². The fourth-order valence-corrected chi connectivity index (χ4v) is 4.48. The number of hydrogen-bond acceptors (Lipinski definition) is 6. The SMILES string of the molecule is C/C(=C\C(=O)OCc1ccccc1)C1OC1(C)C[C@H](C)CCCC[C@H]1OC(=O)[C@@H]1CO. The number of unbranched alkanes of at least 4 members (excludes halogenated alkanes) is 1. The lowest BCUT2D eigenvalue weighted by atomic mass is 9.87. The molecular formula is C25H34O6. The molecule has 5 atom stereocenters. The smallest absolute Gasteiger partial charge is 0.331 e. The molecule has 0 saturated carbocycles. The highest BCUT2D eigenvalue weighted by Crippen LogP contribution is 2.46. The molecule has 2 unspecified atom stereocenters. The van der Waals surface area contributed by atoms with Crippen LogP contribution in [0.15, 0.2) is 42.0 Å². The highest BCUT2D eigenvalue weighted by Gasteiger charge is 2.53. The van der Waals surface area contributed by atoms with Gasteiger partial charge in [-0.3, -0.25) is 4.79 Å². The maximum absolute atomic E-state index is 12.1. The number of cyclic esters (lactones) is 1. The first kappa shape index (κ1) is 23.5. The van der Waals surface area contributed by atoms with Crippen molar-refractivity contribution < 1.29 is 28.9 Å². The Labute approximate surface area is 184 Å². The maximum atomic E-state index is 12.1. The van der Waals surface area contributed by atoms with Crippen LogP contribution in [0.4, 0.5) is 0 Å². The summed E-state index contributed by atoms with van der Waals surface area (Å²) in [6.07, 6.45) is 6.22. The first-order chi connectivity index (χ1) is 14.8. The maximum Gasteiger partial charge on any atom is 0.331 e. The molecule has 2 aliphatic heterocycles. The van der Waals surface area contributed by atoms with Gasteiger partial charge in [-0.2, -0.15) is 0 Å². The second-order valence-electron chi connectivity index (χ2n) is 9.15. The quantitative estimate of drug-likeness (QED) is 0.234. The summed E-state index contributed by atoms with van der Waals surface area (Å²) in [4.78, 5) is 23.3. The summed E-state index contributed by atoms with van der Waals surface area (Å²) >= 11 is 0. The van der Waals surface area contributed by atoms with E-state index in [1.807, 2.05) is 37.3 Å².